The third-order valence-corrected chi connectivity index (χ3v) is 4.48. The lowest BCUT2D eigenvalue weighted by Crippen LogP contribution is -2.41. The Labute approximate surface area is 158 Å². The Morgan fingerprint density at radius 3 is 2.41 bits per heavy atom. The van der Waals surface area contributed by atoms with Crippen molar-refractivity contribution in [3.05, 3.63) is 29.3 Å². The van der Waals surface area contributed by atoms with Crippen LogP contribution in [0, 0.1) is 0 Å². The molecule has 0 N–H and O–H groups in total. The second-order valence-electron chi connectivity index (χ2n) is 7.04. The summed E-state index contributed by atoms with van der Waals surface area (Å²) in [5, 5.41) is 0. The van der Waals surface area contributed by atoms with Crippen molar-refractivity contribution in [3.8, 4) is 11.5 Å². The summed E-state index contributed by atoms with van der Waals surface area (Å²) in [4.78, 5) is 26.5. The zero-order chi connectivity index (χ0) is 19.4. The molecule has 1 aromatic carbocycles. The molecule has 0 bridgehead atoms. The second kappa shape index (κ2) is 8.00. The Morgan fingerprint density at radius 2 is 1.78 bits per heavy atom. The number of hydrogen-bond donors (Lipinski definition) is 0. The van der Waals surface area contributed by atoms with Gasteiger partial charge >= 0.3 is 11.9 Å². The van der Waals surface area contributed by atoms with Crippen LogP contribution in [0.25, 0.3) is 6.08 Å². The summed E-state index contributed by atoms with van der Waals surface area (Å²) in [5.41, 5.74) is 0.460. The first-order valence-corrected chi connectivity index (χ1v) is 9.09. The maximum absolute atomic E-state index is 12.1. The molecule has 27 heavy (non-hydrogen) atoms. The number of carbonyl (C=O) groups excluding carboxylic acids is 2. The molecule has 7 heteroatoms. The molecule has 7 nitrogen and oxygen atoms in total. The number of ether oxygens (including phenoxy) is 4. The number of esters is 2. The van der Waals surface area contributed by atoms with E-state index in [1.165, 1.54) is 32.8 Å². The van der Waals surface area contributed by atoms with Crippen molar-refractivity contribution in [2.75, 3.05) is 33.4 Å². The lowest BCUT2D eigenvalue weighted by Gasteiger charge is -2.29. The summed E-state index contributed by atoms with van der Waals surface area (Å²) in [5.74, 6) is -1.52. The van der Waals surface area contributed by atoms with Crippen LogP contribution < -0.4 is 9.47 Å². The first-order chi connectivity index (χ1) is 12.9. The van der Waals surface area contributed by atoms with Crippen LogP contribution in [0.5, 0.6) is 11.5 Å². The number of methoxy groups -OCH3 is 1. The molecular formula is C20H25NO6. The van der Waals surface area contributed by atoms with Crippen molar-refractivity contribution in [2.45, 2.75) is 32.5 Å². The average Bonchev–Trinajstić information content (AvgIpc) is 3.11. The van der Waals surface area contributed by atoms with Crippen molar-refractivity contribution in [1.29, 1.82) is 0 Å². The number of nitrogens with zero attached hydrogens (tertiary/aromatic N) is 1. The van der Waals surface area contributed by atoms with E-state index in [9.17, 15) is 9.59 Å². The van der Waals surface area contributed by atoms with Gasteiger partial charge in [0.25, 0.3) is 5.79 Å². The Bertz CT molecular complexity index is 727. The summed E-state index contributed by atoms with van der Waals surface area (Å²) < 4.78 is 21.4. The highest BCUT2D eigenvalue weighted by Gasteiger charge is 2.38. The molecule has 2 heterocycles. The standard InChI is InChI=1S/C20H25NO6/c1-20(2)26-18(22)15(19(23)27-20)12-14-6-7-16(17(13-14)24-3)25-11-10-21-8-4-5-9-21/h6-7,12-13H,4-5,8-11H2,1-3H3. The van der Waals surface area contributed by atoms with Crippen LogP contribution in [0.3, 0.4) is 0 Å². The first-order valence-electron chi connectivity index (χ1n) is 9.09. The maximum Gasteiger partial charge on any atom is 0.348 e. The lowest BCUT2D eigenvalue weighted by molar-refractivity contribution is -0.222. The predicted octanol–water partition coefficient (Wildman–Crippen LogP) is 2.39. The molecule has 0 unspecified atom stereocenters. The second-order valence-corrected chi connectivity index (χ2v) is 7.04. The maximum atomic E-state index is 12.1. The third kappa shape index (κ3) is 4.80. The highest BCUT2D eigenvalue weighted by Crippen LogP contribution is 2.30. The molecule has 0 saturated carbocycles. The van der Waals surface area contributed by atoms with E-state index in [1.54, 1.807) is 25.3 Å². The minimum absolute atomic E-state index is 0.154. The number of hydrogen-bond acceptors (Lipinski definition) is 7. The Balaban J connectivity index is 1.69. The zero-order valence-electron chi connectivity index (χ0n) is 15.9. The van der Waals surface area contributed by atoms with Gasteiger partial charge in [-0.15, -0.1) is 0 Å². The van der Waals surface area contributed by atoms with Gasteiger partial charge in [-0.25, -0.2) is 9.59 Å². The quantitative estimate of drug-likeness (QED) is 0.429. The van der Waals surface area contributed by atoms with Gasteiger partial charge in [0, 0.05) is 20.4 Å². The van der Waals surface area contributed by atoms with E-state index in [0.29, 0.717) is 23.7 Å². The molecule has 146 valence electrons. The van der Waals surface area contributed by atoms with E-state index in [0.717, 1.165) is 19.6 Å². The van der Waals surface area contributed by atoms with E-state index < -0.39 is 17.7 Å². The minimum atomic E-state index is -1.25. The summed E-state index contributed by atoms with van der Waals surface area (Å²) in [7, 11) is 1.55. The highest BCUT2D eigenvalue weighted by atomic mass is 16.7. The van der Waals surface area contributed by atoms with Crippen molar-refractivity contribution >= 4 is 18.0 Å². The Kier molecular flexibility index (Phi) is 5.70. The zero-order valence-corrected chi connectivity index (χ0v) is 15.9. The smallest absolute Gasteiger partial charge is 0.348 e. The van der Waals surface area contributed by atoms with Crippen LogP contribution in [0.15, 0.2) is 23.8 Å². The summed E-state index contributed by atoms with van der Waals surface area (Å²) in [6.45, 7) is 6.72. The van der Waals surface area contributed by atoms with E-state index in [4.69, 9.17) is 18.9 Å². The molecule has 0 aromatic heterocycles. The fraction of sp³-hybridized carbons (Fsp3) is 0.500. The van der Waals surface area contributed by atoms with Gasteiger partial charge in [0.15, 0.2) is 11.5 Å². The molecule has 2 saturated heterocycles. The van der Waals surface area contributed by atoms with Crippen LogP contribution >= 0.6 is 0 Å². The normalized spacial score (nSPS) is 19.4. The first kappa shape index (κ1) is 19.2. The number of rotatable bonds is 6. The Morgan fingerprint density at radius 1 is 1.11 bits per heavy atom. The number of benzene rings is 1. The van der Waals surface area contributed by atoms with Gasteiger partial charge in [-0.2, -0.15) is 0 Å². The van der Waals surface area contributed by atoms with Crippen molar-refractivity contribution in [3.63, 3.8) is 0 Å². The van der Waals surface area contributed by atoms with Gasteiger partial charge in [-0.05, 0) is 49.7 Å². The molecule has 2 aliphatic rings. The molecule has 0 atom stereocenters. The van der Waals surface area contributed by atoms with Crippen LogP contribution in [0.4, 0.5) is 0 Å². The third-order valence-electron chi connectivity index (χ3n) is 4.48. The highest BCUT2D eigenvalue weighted by molar-refractivity contribution is 6.18. The average molecular weight is 375 g/mol. The monoisotopic (exact) mass is 375 g/mol. The van der Waals surface area contributed by atoms with E-state index in [-0.39, 0.29) is 5.57 Å². The Hall–Kier alpha value is -2.54. The largest absolute Gasteiger partial charge is 0.493 e. The van der Waals surface area contributed by atoms with Gasteiger partial charge in [0.2, 0.25) is 0 Å². The molecule has 0 spiro atoms. The van der Waals surface area contributed by atoms with Crippen LogP contribution in [0.1, 0.15) is 32.3 Å². The number of likely N-dealkylation sites (tertiary alicyclic amines) is 1. The van der Waals surface area contributed by atoms with Gasteiger partial charge in [0.1, 0.15) is 12.2 Å². The van der Waals surface area contributed by atoms with Crippen LogP contribution in [-0.4, -0.2) is 56.0 Å². The summed E-state index contributed by atoms with van der Waals surface area (Å²) in [6, 6.07) is 5.22. The summed E-state index contributed by atoms with van der Waals surface area (Å²) in [6.07, 6.45) is 3.92. The molecular weight excluding hydrogens is 350 g/mol. The number of carbonyl (C=O) groups is 2. The van der Waals surface area contributed by atoms with Crippen LogP contribution in [0.2, 0.25) is 0 Å². The van der Waals surface area contributed by atoms with Crippen LogP contribution in [-0.2, 0) is 19.1 Å². The lowest BCUT2D eigenvalue weighted by atomic mass is 10.1. The molecule has 0 radical (unpaired) electrons. The van der Waals surface area contributed by atoms with Gasteiger partial charge in [-0.3, -0.25) is 4.90 Å². The topological polar surface area (TPSA) is 74.3 Å². The van der Waals surface area contributed by atoms with Crippen molar-refractivity contribution < 1.29 is 28.5 Å². The molecule has 0 amide bonds. The molecule has 0 aliphatic carbocycles. The van der Waals surface area contributed by atoms with Crippen molar-refractivity contribution in [1.82, 2.24) is 4.90 Å². The fourth-order valence-electron chi connectivity index (χ4n) is 3.13. The van der Waals surface area contributed by atoms with E-state index in [1.807, 2.05) is 0 Å². The SMILES string of the molecule is COc1cc(C=C2C(=O)OC(C)(C)OC2=O)ccc1OCCN1CCCC1. The van der Waals surface area contributed by atoms with Gasteiger partial charge in [-0.1, -0.05) is 6.07 Å². The van der Waals surface area contributed by atoms with Gasteiger partial charge < -0.3 is 18.9 Å². The molecule has 2 fully saturated rings. The van der Waals surface area contributed by atoms with E-state index >= 15 is 0 Å². The van der Waals surface area contributed by atoms with Crippen molar-refractivity contribution in [2.24, 2.45) is 0 Å². The summed E-state index contributed by atoms with van der Waals surface area (Å²) >= 11 is 0. The minimum Gasteiger partial charge on any atom is -0.493 e. The molecule has 2 aliphatic heterocycles. The fourth-order valence-corrected chi connectivity index (χ4v) is 3.13. The van der Waals surface area contributed by atoms with E-state index in [2.05, 4.69) is 4.90 Å². The number of cyclic esters (lactones) is 2. The van der Waals surface area contributed by atoms with Gasteiger partial charge in [0.05, 0.1) is 7.11 Å². The molecule has 3 rings (SSSR count). The molecule has 1 aromatic rings. The predicted molar refractivity (Wildman–Crippen MR) is 98.4 cm³/mol.